The Bertz CT molecular complexity index is 651. The molecule has 1 amide bonds. The predicted molar refractivity (Wildman–Crippen MR) is 74.4 cm³/mol. The van der Waals surface area contributed by atoms with Crippen molar-refractivity contribution in [2.75, 3.05) is 0 Å². The van der Waals surface area contributed by atoms with Crippen molar-refractivity contribution in [3.05, 3.63) is 30.3 Å². The van der Waals surface area contributed by atoms with Gasteiger partial charge in [0.1, 0.15) is 5.69 Å². The van der Waals surface area contributed by atoms with Gasteiger partial charge in [-0.1, -0.05) is 0 Å². The summed E-state index contributed by atoms with van der Waals surface area (Å²) in [5, 5.41) is 7.61. The van der Waals surface area contributed by atoms with Crippen molar-refractivity contribution in [2.24, 2.45) is 0 Å². The smallest absolute Gasteiger partial charge is 0.270 e. The van der Waals surface area contributed by atoms with E-state index < -0.39 is 0 Å². The van der Waals surface area contributed by atoms with Crippen molar-refractivity contribution in [3.63, 3.8) is 0 Å². The van der Waals surface area contributed by atoms with Crippen LogP contribution in [-0.2, 0) is 0 Å². The van der Waals surface area contributed by atoms with Crippen molar-refractivity contribution >= 4 is 16.9 Å². The molecular formula is C15H17N3O2. The van der Waals surface area contributed by atoms with E-state index in [0.717, 1.165) is 24.6 Å². The highest BCUT2D eigenvalue weighted by Crippen LogP contribution is 2.27. The zero-order valence-corrected chi connectivity index (χ0v) is 11.1. The molecule has 4 heterocycles. The quantitative estimate of drug-likeness (QED) is 0.874. The monoisotopic (exact) mass is 271 g/mol. The highest BCUT2D eigenvalue weighted by molar-refractivity contribution is 5.95. The molecule has 2 aromatic heterocycles. The fourth-order valence-corrected chi connectivity index (χ4v) is 3.38. The van der Waals surface area contributed by atoms with Crippen LogP contribution in [0.3, 0.4) is 0 Å². The molecule has 2 bridgehead atoms. The molecule has 0 aliphatic carbocycles. The number of hydrogen-bond donors (Lipinski definition) is 2. The normalized spacial score (nSPS) is 28.7. The minimum atomic E-state index is -0.0924. The number of nitrogens with zero attached hydrogens (tertiary/aromatic N) is 1. The first-order chi connectivity index (χ1) is 9.79. The SMILES string of the molecule is O=C(N[C@@H]1CC[C@H]2CC[C@@H]1N2)c1cc2ccoc2cn1. The number of fused-ring (bicyclic) bond motifs is 3. The fraction of sp³-hybridized carbons (Fsp3) is 0.467. The van der Waals surface area contributed by atoms with Crippen LogP contribution in [0.4, 0.5) is 0 Å². The molecule has 2 N–H and O–H groups in total. The molecular weight excluding hydrogens is 254 g/mol. The van der Waals surface area contributed by atoms with Crippen LogP contribution < -0.4 is 10.6 Å². The van der Waals surface area contributed by atoms with Crippen LogP contribution in [0.25, 0.3) is 11.0 Å². The van der Waals surface area contributed by atoms with Gasteiger partial charge < -0.3 is 15.1 Å². The van der Waals surface area contributed by atoms with Crippen LogP contribution in [0.5, 0.6) is 0 Å². The van der Waals surface area contributed by atoms with Crippen LogP contribution >= 0.6 is 0 Å². The molecule has 2 aromatic rings. The average molecular weight is 271 g/mol. The van der Waals surface area contributed by atoms with E-state index in [0.29, 0.717) is 23.4 Å². The number of furan rings is 1. The maximum atomic E-state index is 12.3. The van der Waals surface area contributed by atoms with E-state index in [9.17, 15) is 4.79 Å². The predicted octanol–water partition coefficient (Wildman–Crippen LogP) is 1.84. The van der Waals surface area contributed by atoms with Crippen molar-refractivity contribution in [1.82, 2.24) is 15.6 Å². The number of hydrogen-bond acceptors (Lipinski definition) is 4. The molecule has 0 aromatic carbocycles. The lowest BCUT2D eigenvalue weighted by molar-refractivity contribution is 0.0914. The Kier molecular flexibility index (Phi) is 2.73. The van der Waals surface area contributed by atoms with Crippen LogP contribution in [0.1, 0.15) is 36.2 Å². The molecule has 104 valence electrons. The lowest BCUT2D eigenvalue weighted by Gasteiger charge is -2.30. The molecule has 0 unspecified atom stereocenters. The summed E-state index contributed by atoms with van der Waals surface area (Å²) >= 11 is 0. The molecule has 0 spiro atoms. The number of aromatic nitrogens is 1. The molecule has 20 heavy (non-hydrogen) atoms. The van der Waals surface area contributed by atoms with Crippen molar-refractivity contribution in [1.29, 1.82) is 0 Å². The maximum Gasteiger partial charge on any atom is 0.270 e. The Morgan fingerprint density at radius 1 is 1.35 bits per heavy atom. The first-order valence-electron chi connectivity index (χ1n) is 7.20. The van der Waals surface area contributed by atoms with E-state index in [-0.39, 0.29) is 11.9 Å². The number of amides is 1. The largest absolute Gasteiger partial charge is 0.463 e. The number of piperidine rings is 1. The van der Waals surface area contributed by atoms with Gasteiger partial charge >= 0.3 is 0 Å². The summed E-state index contributed by atoms with van der Waals surface area (Å²) in [7, 11) is 0. The second-order valence-electron chi connectivity index (χ2n) is 5.73. The Balaban J connectivity index is 1.51. The van der Waals surface area contributed by atoms with Crippen molar-refractivity contribution in [3.8, 4) is 0 Å². The van der Waals surface area contributed by atoms with E-state index in [1.165, 1.54) is 6.42 Å². The minimum Gasteiger partial charge on any atom is -0.463 e. The lowest BCUT2D eigenvalue weighted by Crippen LogP contribution is -2.52. The maximum absolute atomic E-state index is 12.3. The van der Waals surface area contributed by atoms with Gasteiger partial charge in [-0.3, -0.25) is 4.79 Å². The summed E-state index contributed by atoms with van der Waals surface area (Å²) in [5.74, 6) is -0.0924. The molecule has 2 fully saturated rings. The summed E-state index contributed by atoms with van der Waals surface area (Å²) < 4.78 is 5.24. The molecule has 2 aliphatic rings. The second kappa shape index (κ2) is 4.59. The number of nitrogens with one attached hydrogen (secondary N) is 2. The lowest BCUT2D eigenvalue weighted by atomic mass is 9.99. The minimum absolute atomic E-state index is 0.0924. The van der Waals surface area contributed by atoms with E-state index >= 15 is 0 Å². The molecule has 5 heteroatoms. The van der Waals surface area contributed by atoms with Gasteiger partial charge in [0.15, 0.2) is 5.58 Å². The topological polar surface area (TPSA) is 67.2 Å². The highest BCUT2D eigenvalue weighted by atomic mass is 16.3. The number of pyridine rings is 1. The van der Waals surface area contributed by atoms with Crippen molar-refractivity contribution < 1.29 is 9.21 Å². The Labute approximate surface area is 116 Å². The zero-order chi connectivity index (χ0) is 13.5. The Morgan fingerprint density at radius 2 is 2.25 bits per heavy atom. The third kappa shape index (κ3) is 1.98. The summed E-state index contributed by atoms with van der Waals surface area (Å²) in [6.45, 7) is 0. The molecule has 0 saturated carbocycles. The van der Waals surface area contributed by atoms with Gasteiger partial charge in [0.2, 0.25) is 0 Å². The summed E-state index contributed by atoms with van der Waals surface area (Å²) in [6, 6.07) is 4.94. The van der Waals surface area contributed by atoms with Crippen LogP contribution in [-0.4, -0.2) is 29.0 Å². The third-order valence-corrected chi connectivity index (χ3v) is 4.48. The molecule has 3 atom stereocenters. The second-order valence-corrected chi connectivity index (χ2v) is 5.73. The first kappa shape index (κ1) is 11.9. The molecule has 2 saturated heterocycles. The average Bonchev–Trinajstić information content (AvgIpc) is 3.08. The number of carbonyl (C=O) groups excluding carboxylic acids is 1. The fourth-order valence-electron chi connectivity index (χ4n) is 3.38. The molecule has 5 nitrogen and oxygen atoms in total. The van der Waals surface area contributed by atoms with Gasteiger partial charge in [0.05, 0.1) is 12.5 Å². The molecule has 2 aliphatic heterocycles. The summed E-state index contributed by atoms with van der Waals surface area (Å²) in [5.41, 5.74) is 1.17. The van der Waals surface area contributed by atoms with Gasteiger partial charge in [0, 0.05) is 23.5 Å². The van der Waals surface area contributed by atoms with Crippen LogP contribution in [0.2, 0.25) is 0 Å². The van der Waals surface area contributed by atoms with E-state index in [2.05, 4.69) is 15.6 Å². The van der Waals surface area contributed by atoms with Gasteiger partial charge in [-0.15, -0.1) is 0 Å². The van der Waals surface area contributed by atoms with E-state index in [4.69, 9.17) is 4.42 Å². The third-order valence-electron chi connectivity index (χ3n) is 4.48. The number of carbonyl (C=O) groups is 1. The molecule has 0 radical (unpaired) electrons. The van der Waals surface area contributed by atoms with Gasteiger partial charge in [0.25, 0.3) is 5.91 Å². The van der Waals surface area contributed by atoms with E-state index in [1.807, 2.05) is 6.07 Å². The van der Waals surface area contributed by atoms with Gasteiger partial charge in [-0.2, -0.15) is 0 Å². The van der Waals surface area contributed by atoms with Crippen molar-refractivity contribution in [2.45, 2.75) is 43.8 Å². The standard InChI is InChI=1S/C15H17N3O2/c19-15(13-7-9-5-6-20-14(9)8-16-13)18-12-4-2-10-1-3-11(12)17-10/h5-8,10-12,17H,1-4H2,(H,18,19)/t10-,11+,12-/m1/s1. The number of rotatable bonds is 2. The van der Waals surface area contributed by atoms with Gasteiger partial charge in [-0.25, -0.2) is 4.98 Å². The summed E-state index contributed by atoms with van der Waals surface area (Å²) in [6.07, 6.45) is 7.81. The first-order valence-corrected chi connectivity index (χ1v) is 7.20. The highest BCUT2D eigenvalue weighted by Gasteiger charge is 2.35. The zero-order valence-electron chi connectivity index (χ0n) is 11.1. The van der Waals surface area contributed by atoms with Crippen LogP contribution in [0.15, 0.2) is 29.0 Å². The Morgan fingerprint density at radius 3 is 3.20 bits per heavy atom. The summed E-state index contributed by atoms with van der Waals surface area (Å²) in [4.78, 5) is 16.5. The van der Waals surface area contributed by atoms with Crippen LogP contribution in [0, 0.1) is 0 Å². The Hall–Kier alpha value is -1.88. The van der Waals surface area contributed by atoms with Gasteiger partial charge in [-0.05, 0) is 37.8 Å². The van der Waals surface area contributed by atoms with E-state index in [1.54, 1.807) is 18.5 Å². The molecule has 4 rings (SSSR count).